The van der Waals surface area contributed by atoms with E-state index in [1.165, 1.54) is 11.0 Å². The van der Waals surface area contributed by atoms with Crippen molar-refractivity contribution in [2.24, 2.45) is 0 Å². The minimum absolute atomic E-state index is 0.962. The van der Waals surface area contributed by atoms with Gasteiger partial charge in [-0.1, -0.05) is 48.5 Å². The molecule has 2 rings (SSSR count). The van der Waals surface area contributed by atoms with Crippen molar-refractivity contribution >= 4 is 13.3 Å². The number of rotatable bonds is 2. The van der Waals surface area contributed by atoms with Gasteiger partial charge in [0.1, 0.15) is 13.6 Å². The molecule has 0 N–H and O–H groups in total. The first-order valence-corrected chi connectivity index (χ1v) is 5.02. The van der Waals surface area contributed by atoms with E-state index in [0.717, 1.165) is 11.3 Å². The molecule has 0 spiro atoms. The van der Waals surface area contributed by atoms with Crippen molar-refractivity contribution in [2.75, 3.05) is 7.11 Å². The van der Waals surface area contributed by atoms with Crippen LogP contribution in [0.4, 0.5) is 0 Å². The molecule has 2 aromatic carbocycles. The molecule has 1 nitrogen and oxygen atoms in total. The van der Waals surface area contributed by atoms with Crippen LogP contribution in [0.1, 0.15) is 0 Å². The molecule has 0 saturated carbocycles. The summed E-state index contributed by atoms with van der Waals surface area (Å²) < 4.78 is 5.43. The van der Waals surface area contributed by atoms with E-state index >= 15 is 0 Å². The van der Waals surface area contributed by atoms with Crippen LogP contribution in [0, 0.1) is 0 Å². The summed E-state index contributed by atoms with van der Waals surface area (Å²) in [6, 6.07) is 16.5. The highest BCUT2D eigenvalue weighted by Gasteiger charge is 2.06. The molecule has 0 radical (unpaired) electrons. The lowest BCUT2D eigenvalue weighted by molar-refractivity contribution is 0.420. The predicted molar refractivity (Wildman–Crippen MR) is 66.6 cm³/mol. The zero-order chi connectivity index (χ0) is 10.7. The molecule has 0 bridgehead atoms. The largest absolute Gasteiger partial charge is 0.497 e. The SMILES string of the molecule is Bc1cccc(-c2ccccc2)c1OC. The molecule has 15 heavy (non-hydrogen) atoms. The summed E-state index contributed by atoms with van der Waals surface area (Å²) in [6.45, 7) is 0. The van der Waals surface area contributed by atoms with E-state index in [1.807, 2.05) is 18.2 Å². The van der Waals surface area contributed by atoms with Crippen LogP contribution in [0.3, 0.4) is 0 Å². The summed E-state index contributed by atoms with van der Waals surface area (Å²) in [6.07, 6.45) is 0. The Hall–Kier alpha value is -1.70. The number of hydrogen-bond donors (Lipinski definition) is 0. The number of para-hydroxylation sites is 1. The third-order valence-electron chi connectivity index (χ3n) is 2.50. The van der Waals surface area contributed by atoms with Gasteiger partial charge < -0.3 is 4.74 Å². The first-order chi connectivity index (χ1) is 7.33. The third kappa shape index (κ3) is 1.89. The van der Waals surface area contributed by atoms with Crippen LogP contribution >= 0.6 is 0 Å². The fourth-order valence-electron chi connectivity index (χ4n) is 1.77. The van der Waals surface area contributed by atoms with Crippen LogP contribution in [0.25, 0.3) is 11.1 Å². The molecule has 0 heterocycles. The number of methoxy groups -OCH3 is 1. The van der Waals surface area contributed by atoms with E-state index < -0.39 is 0 Å². The molecule has 74 valence electrons. The second-order valence-corrected chi connectivity index (χ2v) is 3.52. The van der Waals surface area contributed by atoms with Gasteiger partial charge in [0.2, 0.25) is 0 Å². The van der Waals surface area contributed by atoms with Gasteiger partial charge in [-0.2, -0.15) is 0 Å². The second kappa shape index (κ2) is 4.22. The van der Waals surface area contributed by atoms with Crippen molar-refractivity contribution in [1.29, 1.82) is 0 Å². The summed E-state index contributed by atoms with van der Waals surface area (Å²) in [5.74, 6) is 0.962. The minimum atomic E-state index is 0.962. The van der Waals surface area contributed by atoms with Crippen LogP contribution < -0.4 is 10.2 Å². The molecule has 0 aliphatic heterocycles. The quantitative estimate of drug-likeness (QED) is 0.663. The Labute approximate surface area is 91.1 Å². The van der Waals surface area contributed by atoms with E-state index in [1.54, 1.807) is 7.11 Å². The van der Waals surface area contributed by atoms with Gasteiger partial charge >= 0.3 is 0 Å². The monoisotopic (exact) mass is 196 g/mol. The van der Waals surface area contributed by atoms with Gasteiger partial charge in [-0.25, -0.2) is 0 Å². The Morgan fingerprint density at radius 3 is 2.33 bits per heavy atom. The lowest BCUT2D eigenvalue weighted by Gasteiger charge is -2.11. The molecule has 0 aromatic heterocycles. The molecule has 2 aromatic rings. The van der Waals surface area contributed by atoms with E-state index in [2.05, 4.69) is 38.2 Å². The fraction of sp³-hybridized carbons (Fsp3) is 0.0769. The van der Waals surface area contributed by atoms with Gasteiger partial charge in [-0.15, -0.1) is 0 Å². The fourth-order valence-corrected chi connectivity index (χ4v) is 1.77. The average molecular weight is 196 g/mol. The zero-order valence-corrected chi connectivity index (χ0v) is 9.03. The predicted octanol–water partition coefficient (Wildman–Crippen LogP) is 1.62. The Morgan fingerprint density at radius 2 is 1.67 bits per heavy atom. The van der Waals surface area contributed by atoms with Crippen LogP contribution in [0.2, 0.25) is 0 Å². The van der Waals surface area contributed by atoms with E-state index in [0.29, 0.717) is 0 Å². The average Bonchev–Trinajstić information content (AvgIpc) is 2.30. The topological polar surface area (TPSA) is 9.23 Å². The highest BCUT2D eigenvalue weighted by Crippen LogP contribution is 2.27. The molecule has 0 unspecified atom stereocenters. The Kier molecular flexibility index (Phi) is 2.77. The molecule has 0 atom stereocenters. The minimum Gasteiger partial charge on any atom is -0.497 e. The lowest BCUT2D eigenvalue weighted by Crippen LogP contribution is -2.07. The summed E-state index contributed by atoms with van der Waals surface area (Å²) in [5, 5.41) is 0. The molecule has 0 amide bonds. The van der Waals surface area contributed by atoms with Crippen LogP contribution in [-0.4, -0.2) is 15.0 Å². The van der Waals surface area contributed by atoms with Crippen molar-refractivity contribution in [1.82, 2.24) is 0 Å². The maximum Gasteiger partial charge on any atom is 0.144 e. The third-order valence-corrected chi connectivity index (χ3v) is 2.50. The van der Waals surface area contributed by atoms with Crippen molar-refractivity contribution in [3.63, 3.8) is 0 Å². The van der Waals surface area contributed by atoms with Gasteiger partial charge in [0.15, 0.2) is 0 Å². The number of ether oxygens (including phenoxy) is 1. The molecular formula is C13H13BO. The van der Waals surface area contributed by atoms with E-state index in [-0.39, 0.29) is 0 Å². The summed E-state index contributed by atoms with van der Waals surface area (Å²) in [7, 11) is 3.78. The lowest BCUT2D eigenvalue weighted by atomic mass is 9.90. The molecule has 2 heteroatoms. The molecule has 0 aliphatic rings. The maximum atomic E-state index is 5.43. The van der Waals surface area contributed by atoms with E-state index in [9.17, 15) is 0 Å². The first-order valence-electron chi connectivity index (χ1n) is 5.02. The van der Waals surface area contributed by atoms with Crippen molar-refractivity contribution in [3.8, 4) is 16.9 Å². The highest BCUT2D eigenvalue weighted by molar-refractivity contribution is 6.34. The van der Waals surface area contributed by atoms with Gasteiger partial charge in [0.25, 0.3) is 0 Å². The summed E-state index contributed by atoms with van der Waals surface area (Å²) >= 11 is 0. The van der Waals surface area contributed by atoms with Crippen molar-refractivity contribution < 1.29 is 4.74 Å². The highest BCUT2D eigenvalue weighted by atomic mass is 16.5. The van der Waals surface area contributed by atoms with Crippen LogP contribution in [0.15, 0.2) is 48.5 Å². The van der Waals surface area contributed by atoms with Crippen LogP contribution in [0.5, 0.6) is 5.75 Å². The molecule has 0 fully saturated rings. The molecule has 0 saturated heterocycles. The van der Waals surface area contributed by atoms with Crippen molar-refractivity contribution in [3.05, 3.63) is 48.5 Å². The Bertz CT molecular complexity index is 451. The molecular weight excluding hydrogens is 183 g/mol. The van der Waals surface area contributed by atoms with Gasteiger partial charge in [0, 0.05) is 5.56 Å². The summed E-state index contributed by atoms with van der Waals surface area (Å²) in [4.78, 5) is 0. The Balaban J connectivity index is 2.58. The van der Waals surface area contributed by atoms with E-state index in [4.69, 9.17) is 4.74 Å². The van der Waals surface area contributed by atoms with Crippen LogP contribution in [-0.2, 0) is 0 Å². The first kappa shape index (κ1) is 9.84. The van der Waals surface area contributed by atoms with Gasteiger partial charge in [-0.05, 0) is 11.0 Å². The second-order valence-electron chi connectivity index (χ2n) is 3.52. The standard InChI is InChI=1S/C13H13BO/c1-15-13-11(8-5-9-12(13)14)10-6-3-2-4-7-10/h2-9H,14H2,1H3. The van der Waals surface area contributed by atoms with Gasteiger partial charge in [0.05, 0.1) is 7.11 Å². The summed E-state index contributed by atoms with van der Waals surface area (Å²) in [5.41, 5.74) is 3.51. The number of benzene rings is 2. The Morgan fingerprint density at radius 1 is 0.933 bits per heavy atom. The van der Waals surface area contributed by atoms with Crippen molar-refractivity contribution in [2.45, 2.75) is 0 Å². The maximum absolute atomic E-state index is 5.43. The van der Waals surface area contributed by atoms with Gasteiger partial charge in [-0.3, -0.25) is 0 Å². The smallest absolute Gasteiger partial charge is 0.144 e. The molecule has 0 aliphatic carbocycles. The zero-order valence-electron chi connectivity index (χ0n) is 9.03. The number of hydrogen-bond acceptors (Lipinski definition) is 1. The normalized spacial score (nSPS) is 9.93.